The molecule has 25 heavy (non-hydrogen) atoms. The van der Waals surface area contributed by atoms with Crippen molar-refractivity contribution in [2.75, 3.05) is 20.7 Å². The number of amides is 1. The minimum absolute atomic E-state index is 0.0583. The second-order valence-electron chi connectivity index (χ2n) is 6.40. The lowest BCUT2D eigenvalue weighted by Crippen LogP contribution is -2.41. The van der Waals surface area contributed by atoms with Crippen molar-refractivity contribution < 1.29 is 13.9 Å². The molecule has 0 aliphatic carbocycles. The molecule has 3 rings (SSSR count). The first kappa shape index (κ1) is 17.6. The van der Waals surface area contributed by atoms with Crippen molar-refractivity contribution >= 4 is 5.91 Å². The highest BCUT2D eigenvalue weighted by Crippen LogP contribution is 2.19. The molecule has 134 valence electrons. The van der Waals surface area contributed by atoms with Gasteiger partial charge in [0.15, 0.2) is 0 Å². The van der Waals surface area contributed by atoms with Gasteiger partial charge in [-0.2, -0.15) is 0 Å². The van der Waals surface area contributed by atoms with Crippen LogP contribution in [0.3, 0.4) is 0 Å². The molecule has 7 heteroatoms. The number of rotatable bonds is 5. The fourth-order valence-electron chi connectivity index (χ4n) is 3.23. The van der Waals surface area contributed by atoms with Crippen molar-refractivity contribution in [2.45, 2.75) is 32.0 Å². The van der Waals surface area contributed by atoms with Gasteiger partial charge in [0.25, 0.3) is 0 Å². The summed E-state index contributed by atoms with van der Waals surface area (Å²) in [5.74, 6) is 0.319. The van der Waals surface area contributed by atoms with Crippen LogP contribution < -0.4 is 5.32 Å². The highest BCUT2D eigenvalue weighted by molar-refractivity contribution is 5.82. The number of likely N-dealkylation sites (tertiary alicyclic amines) is 1. The van der Waals surface area contributed by atoms with Crippen LogP contribution in [0.4, 0.5) is 4.39 Å². The number of aromatic nitrogens is 2. The Morgan fingerprint density at radius 1 is 1.48 bits per heavy atom. The summed E-state index contributed by atoms with van der Waals surface area (Å²) in [5, 5.41) is 2.89. The number of nitrogens with one attached hydrogen (secondary N) is 1. The molecular weight excluding hydrogens is 323 g/mol. The average Bonchev–Trinajstić information content (AvgIpc) is 3.18. The molecule has 1 aliphatic heterocycles. The van der Waals surface area contributed by atoms with E-state index >= 15 is 0 Å². The van der Waals surface area contributed by atoms with Crippen LogP contribution >= 0.6 is 0 Å². The summed E-state index contributed by atoms with van der Waals surface area (Å²) >= 11 is 0. The smallest absolute Gasteiger partial charge is 0.237 e. The van der Waals surface area contributed by atoms with Crippen LogP contribution in [0.1, 0.15) is 17.8 Å². The van der Waals surface area contributed by atoms with Gasteiger partial charge >= 0.3 is 0 Å². The Labute approximate surface area is 146 Å². The Hall–Kier alpha value is -2.25. The van der Waals surface area contributed by atoms with E-state index in [1.54, 1.807) is 30.1 Å². The van der Waals surface area contributed by atoms with Gasteiger partial charge in [-0.05, 0) is 38.1 Å². The van der Waals surface area contributed by atoms with Gasteiger partial charge < -0.3 is 14.6 Å². The third-order valence-electron chi connectivity index (χ3n) is 4.71. The average molecular weight is 346 g/mol. The predicted octanol–water partition coefficient (Wildman–Crippen LogP) is 1.66. The molecule has 1 amide bonds. The van der Waals surface area contributed by atoms with Crippen LogP contribution in [0, 0.1) is 12.7 Å². The van der Waals surface area contributed by atoms with Crippen molar-refractivity contribution in [3.05, 3.63) is 47.8 Å². The van der Waals surface area contributed by atoms with Crippen molar-refractivity contribution in [2.24, 2.45) is 0 Å². The number of methoxy groups -OCH3 is 1. The molecular formula is C18H23FN4O2. The lowest BCUT2D eigenvalue weighted by molar-refractivity contribution is -0.125. The standard InChI is InChI=1S/C18H23FN4O2/c1-12-20-6-7-23(12)16-5-4-13(8-15(16)19)10-21-18(24)17-9-14(25-3)11-22(17)2/h4-8,14,17H,9-11H2,1-3H3,(H,21,24)/t14-,17-/m0/s1. The Bertz CT molecular complexity index is 761. The molecule has 1 aromatic heterocycles. The normalized spacial score (nSPS) is 20.8. The van der Waals surface area contributed by atoms with E-state index in [0.717, 1.165) is 17.9 Å². The van der Waals surface area contributed by atoms with Gasteiger partial charge in [0.2, 0.25) is 5.91 Å². The fraction of sp³-hybridized carbons (Fsp3) is 0.444. The summed E-state index contributed by atoms with van der Waals surface area (Å²) in [7, 11) is 3.57. The van der Waals surface area contributed by atoms with Crippen molar-refractivity contribution in [1.29, 1.82) is 0 Å². The maximum atomic E-state index is 14.4. The minimum Gasteiger partial charge on any atom is -0.380 e. The Morgan fingerprint density at radius 2 is 2.28 bits per heavy atom. The van der Waals surface area contributed by atoms with Gasteiger partial charge in [-0.1, -0.05) is 6.07 Å². The molecule has 1 N–H and O–H groups in total. The molecule has 0 radical (unpaired) electrons. The van der Waals surface area contributed by atoms with E-state index in [1.165, 1.54) is 6.07 Å². The summed E-state index contributed by atoms with van der Waals surface area (Å²) in [6.07, 6.45) is 4.11. The SMILES string of the molecule is CO[C@H]1C[C@@H](C(=O)NCc2ccc(-n3ccnc3C)c(F)c2)N(C)C1. The molecule has 1 aromatic carbocycles. The second kappa shape index (κ2) is 7.33. The topological polar surface area (TPSA) is 59.4 Å². The van der Waals surface area contributed by atoms with E-state index in [1.807, 2.05) is 24.9 Å². The maximum Gasteiger partial charge on any atom is 0.237 e. The van der Waals surface area contributed by atoms with Gasteiger partial charge in [0.05, 0.1) is 17.8 Å². The molecule has 1 saturated heterocycles. The minimum atomic E-state index is -0.342. The Morgan fingerprint density at radius 3 is 2.88 bits per heavy atom. The molecule has 2 heterocycles. The quantitative estimate of drug-likeness (QED) is 0.894. The number of nitrogens with zero attached hydrogens (tertiary/aromatic N) is 3. The highest BCUT2D eigenvalue weighted by Gasteiger charge is 2.34. The number of halogens is 1. The fourth-order valence-corrected chi connectivity index (χ4v) is 3.23. The summed E-state index contributed by atoms with van der Waals surface area (Å²) in [6.45, 7) is 2.85. The van der Waals surface area contributed by atoms with Gasteiger partial charge in [0.1, 0.15) is 11.6 Å². The monoisotopic (exact) mass is 346 g/mol. The molecule has 0 bridgehead atoms. The summed E-state index contributed by atoms with van der Waals surface area (Å²) in [4.78, 5) is 18.4. The molecule has 1 aliphatic rings. The molecule has 0 spiro atoms. The number of ether oxygens (including phenoxy) is 1. The zero-order valence-electron chi connectivity index (χ0n) is 14.7. The van der Waals surface area contributed by atoms with Crippen LogP contribution in [0.5, 0.6) is 0 Å². The number of hydrogen-bond acceptors (Lipinski definition) is 4. The van der Waals surface area contributed by atoms with Crippen LogP contribution in [0.2, 0.25) is 0 Å². The second-order valence-corrected chi connectivity index (χ2v) is 6.40. The number of imidazole rings is 1. The van der Waals surface area contributed by atoms with E-state index < -0.39 is 0 Å². The van der Waals surface area contributed by atoms with Gasteiger partial charge in [-0.25, -0.2) is 9.37 Å². The van der Waals surface area contributed by atoms with Crippen LogP contribution in [-0.4, -0.2) is 53.2 Å². The first-order chi connectivity index (χ1) is 12.0. The van der Waals surface area contributed by atoms with Crippen molar-refractivity contribution in [3.8, 4) is 5.69 Å². The highest BCUT2D eigenvalue weighted by atomic mass is 19.1. The Kier molecular flexibility index (Phi) is 5.15. The summed E-state index contributed by atoms with van der Waals surface area (Å²) < 4.78 is 21.4. The van der Waals surface area contributed by atoms with E-state index in [2.05, 4.69) is 10.3 Å². The number of likely N-dealkylation sites (N-methyl/N-ethyl adjacent to an activating group) is 1. The van der Waals surface area contributed by atoms with Gasteiger partial charge in [-0.15, -0.1) is 0 Å². The maximum absolute atomic E-state index is 14.4. The summed E-state index contributed by atoms with van der Waals surface area (Å²) in [6, 6.07) is 4.76. The van der Waals surface area contributed by atoms with E-state index in [4.69, 9.17) is 4.74 Å². The number of benzene rings is 1. The zero-order valence-corrected chi connectivity index (χ0v) is 14.7. The van der Waals surface area contributed by atoms with Gasteiger partial charge in [-0.3, -0.25) is 9.69 Å². The largest absolute Gasteiger partial charge is 0.380 e. The molecule has 0 unspecified atom stereocenters. The number of carbonyl (C=O) groups is 1. The first-order valence-corrected chi connectivity index (χ1v) is 8.29. The molecule has 6 nitrogen and oxygen atoms in total. The molecule has 2 aromatic rings. The molecule has 2 atom stereocenters. The van der Waals surface area contributed by atoms with E-state index in [0.29, 0.717) is 18.7 Å². The van der Waals surface area contributed by atoms with Gasteiger partial charge in [0, 0.05) is 32.6 Å². The lowest BCUT2D eigenvalue weighted by atomic mass is 10.1. The third-order valence-corrected chi connectivity index (χ3v) is 4.71. The summed E-state index contributed by atoms with van der Waals surface area (Å²) in [5.41, 5.74) is 1.17. The predicted molar refractivity (Wildman–Crippen MR) is 91.9 cm³/mol. The number of hydrogen-bond donors (Lipinski definition) is 1. The van der Waals surface area contributed by atoms with E-state index in [9.17, 15) is 9.18 Å². The zero-order chi connectivity index (χ0) is 18.0. The lowest BCUT2D eigenvalue weighted by Gasteiger charge is -2.18. The first-order valence-electron chi connectivity index (χ1n) is 8.29. The molecule has 0 saturated carbocycles. The number of aryl methyl sites for hydroxylation is 1. The third kappa shape index (κ3) is 3.72. The van der Waals surface area contributed by atoms with Crippen LogP contribution in [0.25, 0.3) is 5.69 Å². The van der Waals surface area contributed by atoms with Crippen molar-refractivity contribution in [1.82, 2.24) is 19.8 Å². The molecule has 1 fully saturated rings. The Balaban J connectivity index is 1.63. The van der Waals surface area contributed by atoms with Crippen LogP contribution in [-0.2, 0) is 16.1 Å². The van der Waals surface area contributed by atoms with E-state index in [-0.39, 0.29) is 23.9 Å². The van der Waals surface area contributed by atoms with Crippen LogP contribution in [0.15, 0.2) is 30.6 Å². The number of carbonyl (C=O) groups excluding carboxylic acids is 1. The van der Waals surface area contributed by atoms with Crippen molar-refractivity contribution in [3.63, 3.8) is 0 Å².